The van der Waals surface area contributed by atoms with Crippen molar-refractivity contribution in [3.05, 3.63) is 52.8 Å². The average Bonchev–Trinajstić information content (AvgIpc) is 3.37. The second-order valence-electron chi connectivity index (χ2n) is 7.32. The second kappa shape index (κ2) is 7.41. The highest BCUT2D eigenvalue weighted by atomic mass is 35.5. The first-order chi connectivity index (χ1) is 12.6. The van der Waals surface area contributed by atoms with E-state index >= 15 is 0 Å². The van der Waals surface area contributed by atoms with Gasteiger partial charge in [0.2, 0.25) is 0 Å². The van der Waals surface area contributed by atoms with E-state index in [1.165, 1.54) is 0 Å². The molecule has 26 heavy (non-hydrogen) atoms. The molecule has 1 N–H and O–H groups in total. The molecule has 2 heterocycles. The Morgan fingerprint density at radius 3 is 2.81 bits per heavy atom. The topological polar surface area (TPSA) is 50.2 Å². The van der Waals surface area contributed by atoms with Crippen LogP contribution in [0, 0.1) is 0 Å². The molecule has 1 saturated heterocycles. The van der Waals surface area contributed by atoms with Crippen LogP contribution in [0.3, 0.4) is 0 Å². The minimum atomic E-state index is -0.0646. The molecule has 0 spiro atoms. The summed E-state index contributed by atoms with van der Waals surface area (Å²) in [5, 5.41) is 8.72. The van der Waals surface area contributed by atoms with Gasteiger partial charge in [-0.1, -0.05) is 29.8 Å². The smallest absolute Gasteiger partial charge is 0.275 e. The molecule has 138 valence electrons. The van der Waals surface area contributed by atoms with Crippen LogP contribution in [-0.4, -0.2) is 39.7 Å². The van der Waals surface area contributed by atoms with Crippen LogP contribution >= 0.6 is 11.6 Å². The second-order valence-corrected chi connectivity index (χ2v) is 7.73. The van der Waals surface area contributed by atoms with Crippen LogP contribution in [0.2, 0.25) is 5.02 Å². The van der Waals surface area contributed by atoms with Gasteiger partial charge >= 0.3 is 0 Å². The van der Waals surface area contributed by atoms with E-state index in [0.29, 0.717) is 16.8 Å². The fourth-order valence-electron chi connectivity index (χ4n) is 3.82. The molecule has 0 radical (unpaired) electrons. The van der Waals surface area contributed by atoms with Crippen LogP contribution < -0.4 is 5.32 Å². The number of amides is 1. The maximum absolute atomic E-state index is 13.2. The van der Waals surface area contributed by atoms with Gasteiger partial charge < -0.3 is 10.2 Å². The molecular weight excluding hydrogens is 348 g/mol. The minimum absolute atomic E-state index is 0.00226. The largest absolute Gasteiger partial charge is 0.327 e. The first-order valence-electron chi connectivity index (χ1n) is 9.48. The van der Waals surface area contributed by atoms with Crippen LogP contribution in [0.4, 0.5) is 0 Å². The van der Waals surface area contributed by atoms with E-state index in [1.807, 2.05) is 46.1 Å². The quantitative estimate of drug-likeness (QED) is 0.867. The number of piperidine rings is 1. The molecule has 1 aromatic carbocycles. The Labute approximate surface area is 159 Å². The first-order valence-corrected chi connectivity index (χ1v) is 9.86. The van der Waals surface area contributed by atoms with E-state index in [4.69, 9.17) is 11.6 Å². The van der Waals surface area contributed by atoms with E-state index in [9.17, 15) is 4.79 Å². The molecule has 1 aliphatic heterocycles. The summed E-state index contributed by atoms with van der Waals surface area (Å²) >= 11 is 6.38. The number of aromatic nitrogens is 2. The Morgan fingerprint density at radius 1 is 1.31 bits per heavy atom. The number of benzene rings is 1. The third kappa shape index (κ3) is 3.51. The lowest BCUT2D eigenvalue weighted by Gasteiger charge is -2.30. The predicted molar refractivity (Wildman–Crippen MR) is 102 cm³/mol. The number of hydrogen-bond acceptors (Lipinski definition) is 3. The third-order valence-electron chi connectivity index (χ3n) is 5.42. The van der Waals surface area contributed by atoms with Crippen LogP contribution in [0.15, 0.2) is 36.5 Å². The van der Waals surface area contributed by atoms with Crippen molar-refractivity contribution in [2.45, 2.75) is 50.7 Å². The van der Waals surface area contributed by atoms with Gasteiger partial charge in [0, 0.05) is 23.8 Å². The molecule has 0 bridgehead atoms. The summed E-state index contributed by atoms with van der Waals surface area (Å²) in [7, 11) is 0. The van der Waals surface area contributed by atoms with Gasteiger partial charge in [0.05, 0.1) is 12.1 Å². The molecule has 1 aliphatic carbocycles. The zero-order valence-electron chi connectivity index (χ0n) is 15.1. The molecule has 6 heteroatoms. The first kappa shape index (κ1) is 17.6. The fourth-order valence-corrected chi connectivity index (χ4v) is 4.11. The van der Waals surface area contributed by atoms with Crippen LogP contribution in [0.25, 0.3) is 0 Å². The zero-order chi connectivity index (χ0) is 18.1. The average molecular weight is 373 g/mol. The number of nitrogens with zero attached hydrogens (tertiary/aromatic N) is 3. The third-order valence-corrected chi connectivity index (χ3v) is 5.76. The van der Waals surface area contributed by atoms with Crippen molar-refractivity contribution in [3.63, 3.8) is 0 Å². The number of rotatable bonds is 5. The lowest BCUT2D eigenvalue weighted by atomic mass is 10.1. The fraction of sp³-hybridized carbons (Fsp3) is 0.500. The number of nitrogens with one attached hydrogen (secondary N) is 1. The Bertz CT molecular complexity index is 780. The standard InChI is InChI=1S/C20H25ClN4O/c1-14(17-6-2-3-7-18(17)21)25(15-8-9-15)20(26)19-10-12-24(23-19)16-5-4-11-22-13-16/h2-3,6-7,10,12,14-16,22H,4-5,8-9,11,13H2,1H3. The van der Waals surface area contributed by atoms with Crippen molar-refractivity contribution in [2.24, 2.45) is 0 Å². The maximum Gasteiger partial charge on any atom is 0.275 e. The summed E-state index contributed by atoms with van der Waals surface area (Å²) in [5.74, 6) is 0.00226. The van der Waals surface area contributed by atoms with Gasteiger partial charge in [0.25, 0.3) is 5.91 Å². The summed E-state index contributed by atoms with van der Waals surface area (Å²) in [4.78, 5) is 15.2. The van der Waals surface area contributed by atoms with Crippen molar-refractivity contribution < 1.29 is 4.79 Å². The highest BCUT2D eigenvalue weighted by molar-refractivity contribution is 6.31. The molecule has 5 nitrogen and oxygen atoms in total. The Kier molecular flexibility index (Phi) is 5.00. The van der Waals surface area contributed by atoms with Crippen LogP contribution in [0.5, 0.6) is 0 Å². The lowest BCUT2D eigenvalue weighted by Crippen LogP contribution is -2.36. The molecule has 2 fully saturated rings. The monoisotopic (exact) mass is 372 g/mol. The molecule has 1 saturated carbocycles. The summed E-state index contributed by atoms with van der Waals surface area (Å²) < 4.78 is 1.95. The molecule has 2 atom stereocenters. The van der Waals surface area contributed by atoms with E-state index in [2.05, 4.69) is 17.3 Å². The molecule has 2 aliphatic rings. The zero-order valence-corrected chi connectivity index (χ0v) is 15.8. The van der Waals surface area contributed by atoms with Gasteiger partial charge in [0.1, 0.15) is 5.69 Å². The molecular formula is C20H25ClN4O. The van der Waals surface area contributed by atoms with Crippen molar-refractivity contribution in [3.8, 4) is 0 Å². The van der Waals surface area contributed by atoms with Gasteiger partial charge in [-0.15, -0.1) is 0 Å². The van der Waals surface area contributed by atoms with Crippen LogP contribution in [0.1, 0.15) is 60.7 Å². The summed E-state index contributed by atoms with van der Waals surface area (Å²) in [6.45, 7) is 4.03. The molecule has 1 amide bonds. The highest BCUT2D eigenvalue weighted by Gasteiger charge is 2.38. The van der Waals surface area contributed by atoms with E-state index in [0.717, 1.165) is 44.3 Å². The van der Waals surface area contributed by atoms with Gasteiger partial charge in [-0.05, 0) is 56.8 Å². The number of carbonyl (C=O) groups is 1. The maximum atomic E-state index is 13.2. The Hall–Kier alpha value is -1.85. The number of hydrogen-bond donors (Lipinski definition) is 1. The van der Waals surface area contributed by atoms with E-state index in [-0.39, 0.29) is 18.0 Å². The van der Waals surface area contributed by atoms with Gasteiger partial charge in [0.15, 0.2) is 0 Å². The molecule has 2 aromatic rings. The normalized spacial score (nSPS) is 21.4. The minimum Gasteiger partial charge on any atom is -0.327 e. The Balaban J connectivity index is 1.56. The van der Waals surface area contributed by atoms with Gasteiger partial charge in [-0.3, -0.25) is 9.48 Å². The lowest BCUT2D eigenvalue weighted by molar-refractivity contribution is 0.0666. The van der Waals surface area contributed by atoms with Crippen molar-refractivity contribution in [2.75, 3.05) is 13.1 Å². The summed E-state index contributed by atoms with van der Waals surface area (Å²) in [6.07, 6.45) is 6.29. The highest BCUT2D eigenvalue weighted by Crippen LogP contribution is 2.37. The van der Waals surface area contributed by atoms with Gasteiger partial charge in [-0.25, -0.2) is 0 Å². The number of halogens is 1. The molecule has 1 aromatic heterocycles. The predicted octanol–water partition coefficient (Wildman–Crippen LogP) is 3.83. The summed E-state index contributed by atoms with van der Waals surface area (Å²) in [5.41, 5.74) is 1.52. The van der Waals surface area contributed by atoms with E-state index < -0.39 is 0 Å². The van der Waals surface area contributed by atoms with Gasteiger partial charge in [-0.2, -0.15) is 5.10 Å². The SMILES string of the molecule is CC(c1ccccc1Cl)N(C(=O)c1ccn(C2CCCNC2)n1)C1CC1. The number of carbonyl (C=O) groups excluding carboxylic acids is 1. The van der Waals surface area contributed by atoms with E-state index in [1.54, 1.807) is 0 Å². The molecule has 4 rings (SSSR count). The van der Waals surface area contributed by atoms with Crippen LogP contribution in [-0.2, 0) is 0 Å². The van der Waals surface area contributed by atoms with Crippen molar-refractivity contribution in [1.29, 1.82) is 0 Å². The van der Waals surface area contributed by atoms with Crippen molar-refractivity contribution >= 4 is 17.5 Å². The Morgan fingerprint density at radius 2 is 2.12 bits per heavy atom. The van der Waals surface area contributed by atoms with Crippen molar-refractivity contribution in [1.82, 2.24) is 20.0 Å². The summed E-state index contributed by atoms with van der Waals surface area (Å²) in [6, 6.07) is 10.2. The molecule has 2 unspecified atom stereocenters.